The molecular weight excluding hydrogens is 232 g/mol. The lowest BCUT2D eigenvalue weighted by Crippen LogP contribution is -2.47. The molecule has 0 unspecified atom stereocenters. The Bertz CT molecular complexity index is 358. The van der Waals surface area contributed by atoms with Gasteiger partial charge in [-0.2, -0.15) is 0 Å². The number of carbonyl (C=O) groups excluding carboxylic acids is 1. The Hall–Kier alpha value is -1.63. The van der Waals surface area contributed by atoms with Crippen LogP contribution < -0.4 is 11.1 Å². The fourth-order valence-electron chi connectivity index (χ4n) is 2.20. The third kappa shape index (κ3) is 3.69. The number of nitrogens with two attached hydrogens (primary N) is 1. The molecule has 0 spiro atoms. The van der Waals surface area contributed by atoms with E-state index < -0.39 is 0 Å². The molecule has 0 saturated carbocycles. The number of piperidine rings is 1. The molecule has 0 bridgehead atoms. The summed E-state index contributed by atoms with van der Waals surface area (Å²) >= 11 is 0. The Balaban J connectivity index is 1.57. The molecule has 0 radical (unpaired) electrons. The average molecular weight is 252 g/mol. The molecule has 18 heavy (non-hydrogen) atoms. The van der Waals surface area contributed by atoms with Gasteiger partial charge >= 0.3 is 6.03 Å². The summed E-state index contributed by atoms with van der Waals surface area (Å²) in [6.07, 6.45) is 6.54. The summed E-state index contributed by atoms with van der Waals surface area (Å²) in [6, 6.07) is 0.191. The summed E-state index contributed by atoms with van der Waals surface area (Å²) in [6.45, 7) is 3.36. The minimum Gasteiger partial charge on any atom is -0.351 e. The Labute approximate surface area is 106 Å². The summed E-state index contributed by atoms with van der Waals surface area (Å²) in [7, 11) is 0. The largest absolute Gasteiger partial charge is 0.351 e. The van der Waals surface area contributed by atoms with E-state index in [4.69, 9.17) is 5.73 Å². The first-order chi connectivity index (χ1) is 8.75. The van der Waals surface area contributed by atoms with Crippen LogP contribution in [0.1, 0.15) is 19.3 Å². The van der Waals surface area contributed by atoms with Gasteiger partial charge < -0.3 is 16.0 Å². The Kier molecular flexibility index (Phi) is 4.52. The van der Waals surface area contributed by atoms with E-state index >= 15 is 0 Å². The smallest absolute Gasteiger partial charge is 0.314 e. The topological polar surface area (TPSA) is 89.1 Å². The van der Waals surface area contributed by atoms with Crippen molar-refractivity contribution in [2.24, 2.45) is 5.73 Å². The number of hydrogen-bond donors (Lipinski definition) is 2. The van der Waals surface area contributed by atoms with E-state index in [-0.39, 0.29) is 6.03 Å². The Morgan fingerprint density at radius 3 is 2.83 bits per heavy atom. The highest BCUT2D eigenvalue weighted by molar-refractivity contribution is 5.72. The van der Waals surface area contributed by atoms with Gasteiger partial charge in [0, 0.05) is 31.9 Å². The van der Waals surface area contributed by atoms with Gasteiger partial charge in [-0.25, -0.2) is 4.79 Å². The van der Waals surface area contributed by atoms with Crippen LogP contribution in [0.25, 0.3) is 0 Å². The molecule has 2 amide bonds. The zero-order chi connectivity index (χ0) is 12.8. The molecule has 100 valence electrons. The van der Waals surface area contributed by atoms with Gasteiger partial charge in [0.2, 0.25) is 0 Å². The lowest BCUT2D eigenvalue weighted by molar-refractivity contribution is 0.185. The van der Waals surface area contributed by atoms with Crippen LogP contribution in [0.4, 0.5) is 4.79 Å². The van der Waals surface area contributed by atoms with Crippen molar-refractivity contribution in [2.75, 3.05) is 19.6 Å². The summed E-state index contributed by atoms with van der Waals surface area (Å²) in [4.78, 5) is 12.7. The van der Waals surface area contributed by atoms with Crippen LogP contribution in [-0.4, -0.2) is 51.6 Å². The average Bonchev–Trinajstić information content (AvgIpc) is 2.88. The second-order valence-corrected chi connectivity index (χ2v) is 4.57. The molecule has 7 heteroatoms. The highest BCUT2D eigenvalue weighted by atomic mass is 16.2. The van der Waals surface area contributed by atoms with Gasteiger partial charge in [-0.3, -0.25) is 4.68 Å². The van der Waals surface area contributed by atoms with Crippen molar-refractivity contribution in [3.8, 4) is 0 Å². The molecule has 1 fully saturated rings. The van der Waals surface area contributed by atoms with Gasteiger partial charge in [0.25, 0.3) is 0 Å². The molecule has 1 aliphatic heterocycles. The zero-order valence-electron chi connectivity index (χ0n) is 10.5. The minimum absolute atomic E-state index is 0.306. The Morgan fingerprint density at radius 1 is 1.44 bits per heavy atom. The number of aromatic nitrogens is 3. The SMILES string of the molecule is NC(=O)N1CCC(NCCCn2ccnn2)CC1. The number of aryl methyl sites for hydroxylation is 1. The predicted octanol–water partition coefficient (Wildman–Crippen LogP) is -0.199. The van der Waals surface area contributed by atoms with Crippen LogP contribution in [0.15, 0.2) is 12.4 Å². The molecule has 0 atom stereocenters. The number of carbonyl (C=O) groups is 1. The maximum absolute atomic E-state index is 11.0. The molecule has 1 aromatic rings. The number of likely N-dealkylation sites (tertiary alicyclic amines) is 1. The summed E-state index contributed by atoms with van der Waals surface area (Å²) in [5.74, 6) is 0. The van der Waals surface area contributed by atoms with Crippen molar-refractivity contribution < 1.29 is 4.79 Å². The lowest BCUT2D eigenvalue weighted by Gasteiger charge is -2.31. The molecule has 2 rings (SSSR count). The molecule has 2 heterocycles. The zero-order valence-corrected chi connectivity index (χ0v) is 10.5. The van der Waals surface area contributed by atoms with E-state index in [9.17, 15) is 4.79 Å². The molecule has 1 aromatic heterocycles. The third-order valence-corrected chi connectivity index (χ3v) is 3.28. The quantitative estimate of drug-likeness (QED) is 0.710. The standard InChI is InChI=1S/C11H20N6O/c12-11(18)16-7-2-10(3-8-16)13-4-1-6-17-9-5-14-15-17/h5,9-10,13H,1-4,6-8H2,(H2,12,18). The number of primary amides is 1. The van der Waals surface area contributed by atoms with E-state index in [1.807, 2.05) is 10.9 Å². The Morgan fingerprint density at radius 2 is 2.22 bits per heavy atom. The highest BCUT2D eigenvalue weighted by Crippen LogP contribution is 2.09. The lowest BCUT2D eigenvalue weighted by atomic mass is 10.1. The first-order valence-corrected chi connectivity index (χ1v) is 6.37. The molecule has 7 nitrogen and oxygen atoms in total. The van der Waals surface area contributed by atoms with E-state index in [0.717, 1.165) is 45.4 Å². The van der Waals surface area contributed by atoms with E-state index in [2.05, 4.69) is 15.6 Å². The highest BCUT2D eigenvalue weighted by Gasteiger charge is 2.20. The summed E-state index contributed by atoms with van der Waals surface area (Å²) < 4.78 is 1.83. The van der Waals surface area contributed by atoms with Gasteiger partial charge in [-0.15, -0.1) is 5.10 Å². The second kappa shape index (κ2) is 6.34. The normalized spacial score (nSPS) is 17.0. The van der Waals surface area contributed by atoms with Gasteiger partial charge in [-0.05, 0) is 25.8 Å². The van der Waals surface area contributed by atoms with E-state index in [1.54, 1.807) is 11.1 Å². The number of nitrogens with zero attached hydrogens (tertiary/aromatic N) is 4. The summed E-state index contributed by atoms with van der Waals surface area (Å²) in [5.41, 5.74) is 5.24. The fraction of sp³-hybridized carbons (Fsp3) is 0.727. The summed E-state index contributed by atoms with van der Waals surface area (Å²) in [5, 5.41) is 11.2. The molecular formula is C11H20N6O. The van der Waals surface area contributed by atoms with Crippen molar-refractivity contribution in [3.63, 3.8) is 0 Å². The van der Waals surface area contributed by atoms with Crippen molar-refractivity contribution in [1.29, 1.82) is 0 Å². The first kappa shape index (κ1) is 12.8. The molecule has 3 N–H and O–H groups in total. The molecule has 0 aliphatic carbocycles. The van der Waals surface area contributed by atoms with Crippen LogP contribution >= 0.6 is 0 Å². The van der Waals surface area contributed by atoms with Gasteiger partial charge in [0.15, 0.2) is 0 Å². The third-order valence-electron chi connectivity index (χ3n) is 3.28. The van der Waals surface area contributed by atoms with Crippen LogP contribution in [-0.2, 0) is 6.54 Å². The van der Waals surface area contributed by atoms with Crippen molar-refractivity contribution in [2.45, 2.75) is 31.8 Å². The molecule has 0 aromatic carbocycles. The second-order valence-electron chi connectivity index (χ2n) is 4.57. The predicted molar refractivity (Wildman–Crippen MR) is 66.8 cm³/mol. The fourth-order valence-corrected chi connectivity index (χ4v) is 2.20. The van der Waals surface area contributed by atoms with Crippen molar-refractivity contribution >= 4 is 6.03 Å². The number of nitrogens with one attached hydrogen (secondary N) is 1. The maximum atomic E-state index is 11.0. The number of rotatable bonds is 5. The van der Waals surface area contributed by atoms with Crippen LogP contribution in [0.5, 0.6) is 0 Å². The van der Waals surface area contributed by atoms with Crippen LogP contribution in [0, 0.1) is 0 Å². The molecule has 1 saturated heterocycles. The maximum Gasteiger partial charge on any atom is 0.314 e. The number of hydrogen-bond acceptors (Lipinski definition) is 4. The van der Waals surface area contributed by atoms with Crippen LogP contribution in [0.2, 0.25) is 0 Å². The van der Waals surface area contributed by atoms with Gasteiger partial charge in [0.1, 0.15) is 0 Å². The van der Waals surface area contributed by atoms with Gasteiger partial charge in [-0.1, -0.05) is 5.21 Å². The van der Waals surface area contributed by atoms with Crippen molar-refractivity contribution in [1.82, 2.24) is 25.2 Å². The number of urea groups is 1. The van der Waals surface area contributed by atoms with Crippen LogP contribution in [0.3, 0.4) is 0 Å². The van der Waals surface area contributed by atoms with E-state index in [0.29, 0.717) is 6.04 Å². The van der Waals surface area contributed by atoms with E-state index in [1.165, 1.54) is 0 Å². The van der Waals surface area contributed by atoms with Crippen molar-refractivity contribution in [3.05, 3.63) is 12.4 Å². The molecule has 1 aliphatic rings. The number of amides is 2. The first-order valence-electron chi connectivity index (χ1n) is 6.37. The minimum atomic E-state index is -0.306. The van der Waals surface area contributed by atoms with Gasteiger partial charge in [0.05, 0.1) is 6.20 Å². The monoisotopic (exact) mass is 252 g/mol.